The van der Waals surface area contributed by atoms with Gasteiger partial charge in [0.25, 0.3) is 0 Å². The van der Waals surface area contributed by atoms with Crippen molar-refractivity contribution in [1.29, 1.82) is 0 Å². The fourth-order valence-electron chi connectivity index (χ4n) is 1.97. The van der Waals surface area contributed by atoms with Crippen LogP contribution in [0.25, 0.3) is 0 Å². The van der Waals surface area contributed by atoms with Gasteiger partial charge in [-0.25, -0.2) is 4.39 Å². The van der Waals surface area contributed by atoms with Gasteiger partial charge in [-0.1, -0.05) is 37.0 Å². The Morgan fingerprint density at radius 1 is 1.25 bits per heavy atom. The summed E-state index contributed by atoms with van der Waals surface area (Å²) >= 11 is 0. The number of hydrogen-bond acceptors (Lipinski definition) is 0. The van der Waals surface area contributed by atoms with Crippen molar-refractivity contribution in [2.75, 3.05) is 0 Å². The molecule has 0 amide bonds. The van der Waals surface area contributed by atoms with Gasteiger partial charge in [-0.15, -0.1) is 6.58 Å². The van der Waals surface area contributed by atoms with Gasteiger partial charge >= 0.3 is 0 Å². The van der Waals surface area contributed by atoms with Crippen LogP contribution in [0.2, 0.25) is 0 Å². The van der Waals surface area contributed by atoms with E-state index in [0.717, 1.165) is 5.57 Å². The summed E-state index contributed by atoms with van der Waals surface area (Å²) in [6.07, 6.45) is 5.55. The van der Waals surface area contributed by atoms with E-state index in [9.17, 15) is 0 Å². The minimum atomic E-state index is -1.52. The van der Waals surface area contributed by atoms with Crippen LogP contribution in [0.5, 0.6) is 0 Å². The first kappa shape index (κ1) is 14.9. The maximum atomic E-state index is 15.1. The predicted octanol–water partition coefficient (Wildman–Crippen LogP) is 5.01. The number of allylic oxidation sites excluding steroid dienone is 5. The zero-order chi connectivity index (χ0) is 13.0. The first-order valence-electron chi connectivity index (χ1n) is 5.52. The van der Waals surface area contributed by atoms with Crippen molar-refractivity contribution in [1.82, 2.24) is 0 Å². The van der Waals surface area contributed by atoms with Gasteiger partial charge in [0, 0.05) is 11.8 Å². The first-order valence-corrected chi connectivity index (χ1v) is 5.52. The second-order valence-corrected chi connectivity index (χ2v) is 4.56. The molecule has 0 rings (SSSR count). The lowest BCUT2D eigenvalue weighted by molar-refractivity contribution is 0.106. The molecule has 0 aliphatic heterocycles. The summed E-state index contributed by atoms with van der Waals surface area (Å²) in [5, 5.41) is 0. The summed E-state index contributed by atoms with van der Waals surface area (Å²) in [7, 11) is 0. The lowest BCUT2D eigenvalue weighted by atomic mass is 9.65. The third-order valence-corrected chi connectivity index (χ3v) is 3.31. The van der Waals surface area contributed by atoms with Gasteiger partial charge in [-0.2, -0.15) is 0 Å². The number of alkyl halides is 1. The van der Waals surface area contributed by atoms with Crippen LogP contribution < -0.4 is 0 Å². The molecule has 0 aromatic carbocycles. The van der Waals surface area contributed by atoms with E-state index < -0.39 is 11.1 Å². The topological polar surface area (TPSA) is 0 Å². The summed E-state index contributed by atoms with van der Waals surface area (Å²) in [6.45, 7) is 18.6. The zero-order valence-corrected chi connectivity index (χ0v) is 10.9. The van der Waals surface area contributed by atoms with E-state index in [4.69, 9.17) is 0 Å². The van der Waals surface area contributed by atoms with Crippen LogP contribution in [-0.4, -0.2) is 5.67 Å². The molecule has 16 heavy (non-hydrogen) atoms. The summed E-state index contributed by atoms with van der Waals surface area (Å²) in [5.74, 6) is 0. The fraction of sp³-hybridized carbons (Fsp3) is 0.467. The molecule has 2 atom stereocenters. The lowest BCUT2D eigenvalue weighted by Crippen LogP contribution is -2.42. The zero-order valence-electron chi connectivity index (χ0n) is 10.9. The van der Waals surface area contributed by atoms with Crippen LogP contribution in [0.4, 0.5) is 4.39 Å². The van der Waals surface area contributed by atoms with Gasteiger partial charge in [0.05, 0.1) is 0 Å². The molecule has 0 aliphatic carbocycles. The molecule has 0 nitrogen and oxygen atoms in total. The number of halogens is 1. The van der Waals surface area contributed by atoms with E-state index in [-0.39, 0.29) is 6.42 Å². The minimum Gasteiger partial charge on any atom is -0.237 e. The molecule has 0 heterocycles. The molecule has 0 spiro atoms. The highest BCUT2D eigenvalue weighted by Crippen LogP contribution is 2.48. The molecular weight excluding hydrogens is 199 g/mol. The summed E-state index contributed by atoms with van der Waals surface area (Å²) in [5.41, 5.74) is -0.955. The van der Waals surface area contributed by atoms with E-state index in [1.165, 1.54) is 0 Å². The van der Waals surface area contributed by atoms with Crippen LogP contribution in [-0.2, 0) is 0 Å². The highest BCUT2D eigenvalue weighted by molar-refractivity contribution is 5.32. The molecule has 1 heteroatoms. The molecule has 0 saturated heterocycles. The van der Waals surface area contributed by atoms with Gasteiger partial charge in [0.1, 0.15) is 5.67 Å². The summed E-state index contributed by atoms with van der Waals surface area (Å²) in [6, 6.07) is 0. The molecule has 90 valence electrons. The Kier molecular flexibility index (Phi) is 4.92. The fourth-order valence-corrected chi connectivity index (χ4v) is 1.97. The van der Waals surface area contributed by atoms with E-state index in [2.05, 4.69) is 19.7 Å². The summed E-state index contributed by atoms with van der Waals surface area (Å²) < 4.78 is 15.1. The van der Waals surface area contributed by atoms with Gasteiger partial charge in [0.15, 0.2) is 0 Å². The third-order valence-electron chi connectivity index (χ3n) is 3.31. The van der Waals surface area contributed by atoms with Crippen molar-refractivity contribution in [2.45, 2.75) is 39.8 Å². The van der Waals surface area contributed by atoms with Crippen molar-refractivity contribution in [2.24, 2.45) is 5.41 Å². The molecule has 0 N–H and O–H groups in total. The SMILES string of the molecule is C=CCC(F)(C(=C)C)C(C)(C=CC)C(=C)C. The Balaban J connectivity index is 5.70. The highest BCUT2D eigenvalue weighted by atomic mass is 19.1. The third kappa shape index (κ3) is 2.34. The van der Waals surface area contributed by atoms with Crippen LogP contribution in [0.1, 0.15) is 34.1 Å². The van der Waals surface area contributed by atoms with E-state index >= 15 is 4.39 Å². The van der Waals surface area contributed by atoms with Crippen molar-refractivity contribution in [3.63, 3.8) is 0 Å². The van der Waals surface area contributed by atoms with Crippen LogP contribution in [0.3, 0.4) is 0 Å². The molecule has 0 aliphatic rings. The Morgan fingerprint density at radius 3 is 2.00 bits per heavy atom. The maximum Gasteiger partial charge on any atom is 0.147 e. The average Bonchev–Trinajstić information content (AvgIpc) is 2.17. The Hall–Kier alpha value is -1.11. The molecular formula is C15H23F. The van der Waals surface area contributed by atoms with Crippen LogP contribution in [0, 0.1) is 5.41 Å². The van der Waals surface area contributed by atoms with Gasteiger partial charge < -0.3 is 0 Å². The molecule has 0 fully saturated rings. The second-order valence-electron chi connectivity index (χ2n) is 4.56. The standard InChI is InChI=1S/C15H23F/c1-8-10-14(7,12(3)4)15(16,11-9-2)13(5)6/h8-10H,2-3,5,11H2,1,4,6-7H3. The van der Waals surface area contributed by atoms with Crippen molar-refractivity contribution >= 4 is 0 Å². The van der Waals surface area contributed by atoms with Crippen LogP contribution in [0.15, 0.2) is 49.1 Å². The minimum absolute atomic E-state index is 0.246. The molecule has 2 unspecified atom stereocenters. The smallest absolute Gasteiger partial charge is 0.147 e. The number of rotatable bonds is 6. The molecule has 0 saturated carbocycles. The largest absolute Gasteiger partial charge is 0.237 e. The Morgan fingerprint density at radius 2 is 1.75 bits per heavy atom. The van der Waals surface area contributed by atoms with Crippen molar-refractivity contribution in [3.05, 3.63) is 49.1 Å². The second kappa shape index (κ2) is 5.29. The van der Waals surface area contributed by atoms with Crippen LogP contribution >= 0.6 is 0 Å². The summed E-state index contributed by atoms with van der Waals surface area (Å²) in [4.78, 5) is 0. The van der Waals surface area contributed by atoms with Gasteiger partial charge in [0.2, 0.25) is 0 Å². The lowest BCUT2D eigenvalue weighted by Gasteiger charge is -2.42. The normalized spacial score (nSPS) is 18.8. The average molecular weight is 222 g/mol. The van der Waals surface area contributed by atoms with Gasteiger partial charge in [-0.3, -0.25) is 0 Å². The van der Waals surface area contributed by atoms with Crippen molar-refractivity contribution < 1.29 is 4.39 Å². The van der Waals surface area contributed by atoms with E-state index in [0.29, 0.717) is 5.57 Å². The Labute approximate surface area is 99.3 Å². The molecule has 0 aromatic heterocycles. The highest BCUT2D eigenvalue weighted by Gasteiger charge is 2.47. The first-order chi connectivity index (χ1) is 7.26. The van der Waals surface area contributed by atoms with Gasteiger partial charge in [-0.05, 0) is 33.3 Å². The monoisotopic (exact) mass is 222 g/mol. The number of hydrogen-bond donors (Lipinski definition) is 0. The van der Waals surface area contributed by atoms with E-state index in [1.807, 2.05) is 32.9 Å². The predicted molar refractivity (Wildman–Crippen MR) is 71.2 cm³/mol. The molecule has 0 aromatic rings. The Bertz CT molecular complexity index is 324. The molecule has 0 radical (unpaired) electrons. The molecule has 0 bridgehead atoms. The van der Waals surface area contributed by atoms with Crippen molar-refractivity contribution in [3.8, 4) is 0 Å². The quantitative estimate of drug-likeness (QED) is 0.554. The maximum absolute atomic E-state index is 15.1. The van der Waals surface area contributed by atoms with E-state index in [1.54, 1.807) is 13.0 Å².